The van der Waals surface area contributed by atoms with E-state index in [0.717, 1.165) is 16.6 Å². The number of non-ortho nitro benzene ring substituents is 1. The molecule has 2 aromatic rings. The molecular formula is C12H11BrN2O2S. The molecule has 0 bridgehead atoms. The third-order valence-corrected chi connectivity index (χ3v) is 3.94. The van der Waals surface area contributed by atoms with Crippen molar-refractivity contribution in [1.82, 2.24) is 5.32 Å². The summed E-state index contributed by atoms with van der Waals surface area (Å²) in [4.78, 5) is 10.2. The Bertz CT molecular complexity index is 543. The molecule has 1 N–H and O–H groups in total. The van der Waals surface area contributed by atoms with Crippen LogP contribution < -0.4 is 5.32 Å². The third-order valence-electron chi connectivity index (χ3n) is 2.47. The summed E-state index contributed by atoms with van der Waals surface area (Å²) < 4.78 is 0.759. The van der Waals surface area contributed by atoms with Crippen LogP contribution in [0, 0.1) is 10.1 Å². The number of hydrogen-bond donors (Lipinski definition) is 1. The van der Waals surface area contributed by atoms with Gasteiger partial charge in [-0.3, -0.25) is 10.1 Å². The van der Waals surface area contributed by atoms with Crippen LogP contribution in [0.5, 0.6) is 0 Å². The van der Waals surface area contributed by atoms with Crippen LogP contribution in [0.25, 0.3) is 0 Å². The van der Waals surface area contributed by atoms with Crippen LogP contribution in [0.1, 0.15) is 11.1 Å². The van der Waals surface area contributed by atoms with Gasteiger partial charge in [-0.1, -0.05) is 15.9 Å². The van der Waals surface area contributed by atoms with E-state index in [2.05, 4.69) is 32.7 Å². The maximum absolute atomic E-state index is 10.6. The Morgan fingerprint density at radius 2 is 2.17 bits per heavy atom. The Hall–Kier alpha value is -1.24. The number of halogens is 1. The van der Waals surface area contributed by atoms with Gasteiger partial charge in [0, 0.05) is 29.7 Å². The van der Waals surface area contributed by atoms with Crippen molar-refractivity contribution in [3.8, 4) is 0 Å². The maximum atomic E-state index is 10.6. The smallest absolute Gasteiger partial charge is 0.270 e. The second-order valence-corrected chi connectivity index (χ2v) is 5.40. The number of nitrogens with one attached hydrogen (secondary N) is 1. The van der Waals surface area contributed by atoms with Gasteiger partial charge in [-0.05, 0) is 34.0 Å². The van der Waals surface area contributed by atoms with Crippen LogP contribution in [0.3, 0.4) is 0 Å². The Balaban J connectivity index is 1.95. The monoisotopic (exact) mass is 326 g/mol. The van der Waals surface area contributed by atoms with E-state index in [9.17, 15) is 10.1 Å². The lowest BCUT2D eigenvalue weighted by Crippen LogP contribution is -2.12. The SMILES string of the molecule is O=[N+]([O-])c1ccc(CNCc2ccsc2)c(Br)c1. The molecule has 1 heterocycles. The molecule has 1 aromatic carbocycles. The summed E-state index contributed by atoms with van der Waals surface area (Å²) >= 11 is 5.02. The summed E-state index contributed by atoms with van der Waals surface area (Å²) in [6, 6.07) is 6.89. The summed E-state index contributed by atoms with van der Waals surface area (Å²) in [5.41, 5.74) is 2.36. The Morgan fingerprint density at radius 1 is 1.33 bits per heavy atom. The fourth-order valence-corrected chi connectivity index (χ4v) is 2.70. The minimum atomic E-state index is -0.396. The van der Waals surface area contributed by atoms with Gasteiger partial charge < -0.3 is 5.32 Å². The molecule has 94 valence electrons. The van der Waals surface area contributed by atoms with Crippen LogP contribution in [0.2, 0.25) is 0 Å². The Labute approximate surface area is 117 Å². The molecule has 0 amide bonds. The Kier molecular flexibility index (Phi) is 4.46. The number of benzene rings is 1. The fourth-order valence-electron chi connectivity index (χ4n) is 1.53. The predicted molar refractivity (Wildman–Crippen MR) is 75.7 cm³/mol. The molecule has 0 unspecified atom stereocenters. The molecule has 6 heteroatoms. The summed E-state index contributed by atoms with van der Waals surface area (Å²) in [5.74, 6) is 0. The lowest BCUT2D eigenvalue weighted by Gasteiger charge is -2.06. The molecule has 18 heavy (non-hydrogen) atoms. The van der Waals surface area contributed by atoms with Crippen molar-refractivity contribution in [2.24, 2.45) is 0 Å². The molecule has 0 atom stereocenters. The van der Waals surface area contributed by atoms with Gasteiger partial charge in [0.25, 0.3) is 5.69 Å². The first-order valence-corrected chi connectivity index (χ1v) is 7.05. The summed E-state index contributed by atoms with van der Waals surface area (Å²) in [5, 5.41) is 18.0. The zero-order valence-electron chi connectivity index (χ0n) is 9.43. The van der Waals surface area contributed by atoms with Crippen molar-refractivity contribution < 1.29 is 4.92 Å². The second kappa shape index (κ2) is 6.08. The standard InChI is InChI=1S/C12H11BrN2O2S/c13-12-5-11(15(16)17)2-1-10(12)7-14-6-9-3-4-18-8-9/h1-5,8,14H,6-7H2. The first-order valence-electron chi connectivity index (χ1n) is 5.31. The van der Waals surface area contributed by atoms with Gasteiger partial charge in [-0.15, -0.1) is 0 Å². The number of thiophene rings is 1. The molecule has 0 radical (unpaired) electrons. The number of hydrogen-bond acceptors (Lipinski definition) is 4. The van der Waals surface area contributed by atoms with Crippen LogP contribution in [0.4, 0.5) is 5.69 Å². The maximum Gasteiger partial charge on any atom is 0.270 e. The zero-order valence-corrected chi connectivity index (χ0v) is 11.8. The van der Waals surface area contributed by atoms with E-state index in [1.165, 1.54) is 17.7 Å². The van der Waals surface area contributed by atoms with Crippen molar-refractivity contribution in [2.75, 3.05) is 0 Å². The highest BCUT2D eigenvalue weighted by Gasteiger charge is 2.08. The third kappa shape index (κ3) is 3.38. The van der Waals surface area contributed by atoms with Gasteiger partial charge >= 0.3 is 0 Å². The number of rotatable bonds is 5. The van der Waals surface area contributed by atoms with E-state index in [1.807, 2.05) is 5.38 Å². The molecule has 0 aliphatic rings. The molecular weight excluding hydrogens is 316 g/mol. The normalized spacial score (nSPS) is 10.5. The average molecular weight is 327 g/mol. The first-order chi connectivity index (χ1) is 8.66. The molecule has 0 saturated heterocycles. The molecule has 0 aliphatic carbocycles. The minimum absolute atomic E-state index is 0.100. The van der Waals surface area contributed by atoms with Crippen LogP contribution in [-0.4, -0.2) is 4.92 Å². The van der Waals surface area contributed by atoms with E-state index >= 15 is 0 Å². The zero-order chi connectivity index (χ0) is 13.0. The van der Waals surface area contributed by atoms with Gasteiger partial charge in [-0.25, -0.2) is 0 Å². The van der Waals surface area contributed by atoms with Gasteiger partial charge in [0.1, 0.15) is 0 Å². The molecule has 4 nitrogen and oxygen atoms in total. The highest BCUT2D eigenvalue weighted by Crippen LogP contribution is 2.22. The van der Waals surface area contributed by atoms with E-state index in [1.54, 1.807) is 17.4 Å². The topological polar surface area (TPSA) is 55.2 Å². The van der Waals surface area contributed by atoms with Gasteiger partial charge in [0.05, 0.1) is 4.92 Å². The molecule has 0 saturated carbocycles. The minimum Gasteiger partial charge on any atom is -0.309 e. The summed E-state index contributed by atoms with van der Waals surface area (Å²) in [7, 11) is 0. The quantitative estimate of drug-likeness (QED) is 0.673. The molecule has 0 spiro atoms. The first kappa shape index (κ1) is 13.2. The van der Waals surface area contributed by atoms with E-state index in [4.69, 9.17) is 0 Å². The summed E-state index contributed by atoms with van der Waals surface area (Å²) in [6.45, 7) is 1.47. The van der Waals surface area contributed by atoms with Crippen molar-refractivity contribution >= 4 is 33.0 Å². The largest absolute Gasteiger partial charge is 0.309 e. The molecule has 0 fully saturated rings. The van der Waals surface area contributed by atoms with Gasteiger partial charge in [-0.2, -0.15) is 11.3 Å². The van der Waals surface area contributed by atoms with Crippen LogP contribution >= 0.6 is 27.3 Å². The molecule has 0 aliphatic heterocycles. The average Bonchev–Trinajstić information content (AvgIpc) is 2.84. The van der Waals surface area contributed by atoms with E-state index in [0.29, 0.717) is 6.54 Å². The van der Waals surface area contributed by atoms with Crippen LogP contribution in [-0.2, 0) is 13.1 Å². The van der Waals surface area contributed by atoms with Gasteiger partial charge in [0.2, 0.25) is 0 Å². The van der Waals surface area contributed by atoms with E-state index < -0.39 is 4.92 Å². The highest BCUT2D eigenvalue weighted by molar-refractivity contribution is 9.10. The predicted octanol–water partition coefficient (Wildman–Crippen LogP) is 3.71. The Morgan fingerprint density at radius 3 is 2.78 bits per heavy atom. The number of nitrogens with zero attached hydrogens (tertiary/aromatic N) is 1. The number of nitro groups is 1. The lowest BCUT2D eigenvalue weighted by atomic mass is 10.2. The lowest BCUT2D eigenvalue weighted by molar-refractivity contribution is -0.384. The van der Waals surface area contributed by atoms with Crippen molar-refractivity contribution in [3.63, 3.8) is 0 Å². The fraction of sp³-hybridized carbons (Fsp3) is 0.167. The van der Waals surface area contributed by atoms with Crippen molar-refractivity contribution in [3.05, 3.63) is 60.7 Å². The van der Waals surface area contributed by atoms with Gasteiger partial charge in [0.15, 0.2) is 0 Å². The van der Waals surface area contributed by atoms with Crippen molar-refractivity contribution in [2.45, 2.75) is 13.1 Å². The number of nitro benzene ring substituents is 1. The van der Waals surface area contributed by atoms with E-state index in [-0.39, 0.29) is 5.69 Å². The van der Waals surface area contributed by atoms with Crippen LogP contribution in [0.15, 0.2) is 39.5 Å². The molecule has 1 aromatic heterocycles. The second-order valence-electron chi connectivity index (χ2n) is 3.77. The van der Waals surface area contributed by atoms with Crippen molar-refractivity contribution in [1.29, 1.82) is 0 Å². The summed E-state index contributed by atoms with van der Waals surface area (Å²) in [6.07, 6.45) is 0. The highest BCUT2D eigenvalue weighted by atomic mass is 79.9. The molecule has 2 rings (SSSR count).